The summed E-state index contributed by atoms with van der Waals surface area (Å²) in [4.78, 5) is 22.5. The Balaban J connectivity index is 0.000000219. The standard InChI is InChI=1S/C11H11N3O2.C5H10N2O/c12-8-9-7-10(14(15)16)3-4-11(9)13-5-1-2-6-13;6-4(5(7)8)3-1-2-3/h3-4,7H,1-2,5-6H2;3-4H,1-2,6H2,(H2,7,8). The number of nitrogens with two attached hydrogens (primary N) is 2. The SMILES string of the molecule is N#Cc1cc([N+](=O)[O-])ccc1N1CCCC1.NC(=O)C(N)C1CC1. The fraction of sp³-hybridized carbons (Fsp3) is 0.500. The second kappa shape index (κ2) is 7.75. The molecule has 1 heterocycles. The highest BCUT2D eigenvalue weighted by Gasteiger charge is 2.31. The van der Waals surface area contributed by atoms with Crippen LogP contribution in [0.2, 0.25) is 0 Å². The number of hydrogen-bond donors (Lipinski definition) is 2. The molecule has 24 heavy (non-hydrogen) atoms. The summed E-state index contributed by atoms with van der Waals surface area (Å²) >= 11 is 0. The zero-order chi connectivity index (χ0) is 17.7. The third kappa shape index (κ3) is 4.43. The first kappa shape index (κ1) is 17.7. The number of anilines is 1. The van der Waals surface area contributed by atoms with Crippen LogP contribution in [0.3, 0.4) is 0 Å². The summed E-state index contributed by atoms with van der Waals surface area (Å²) < 4.78 is 0. The number of non-ortho nitro benzene ring substituents is 1. The Bertz CT molecular complexity index is 660. The van der Waals surface area contributed by atoms with E-state index in [-0.39, 0.29) is 17.6 Å². The molecule has 1 amide bonds. The van der Waals surface area contributed by atoms with E-state index >= 15 is 0 Å². The van der Waals surface area contributed by atoms with Gasteiger partial charge in [0.2, 0.25) is 5.91 Å². The van der Waals surface area contributed by atoms with Gasteiger partial charge < -0.3 is 16.4 Å². The molecule has 128 valence electrons. The summed E-state index contributed by atoms with van der Waals surface area (Å²) in [6.45, 7) is 1.85. The van der Waals surface area contributed by atoms with Crippen LogP contribution in [0.15, 0.2) is 18.2 Å². The average molecular weight is 331 g/mol. The first-order chi connectivity index (χ1) is 11.4. The van der Waals surface area contributed by atoms with E-state index in [4.69, 9.17) is 16.7 Å². The largest absolute Gasteiger partial charge is 0.370 e. The van der Waals surface area contributed by atoms with Gasteiger partial charge in [0.1, 0.15) is 6.07 Å². The lowest BCUT2D eigenvalue weighted by molar-refractivity contribution is -0.384. The zero-order valence-corrected chi connectivity index (χ0v) is 13.4. The van der Waals surface area contributed by atoms with Crippen molar-refractivity contribution in [3.8, 4) is 6.07 Å². The van der Waals surface area contributed by atoms with Gasteiger partial charge in [0.05, 0.1) is 22.2 Å². The molecule has 0 bridgehead atoms. The number of primary amides is 1. The van der Waals surface area contributed by atoms with Crippen LogP contribution in [-0.4, -0.2) is 30.0 Å². The van der Waals surface area contributed by atoms with Gasteiger partial charge in [-0.1, -0.05) is 0 Å². The van der Waals surface area contributed by atoms with E-state index in [1.54, 1.807) is 6.07 Å². The van der Waals surface area contributed by atoms with Crippen molar-refractivity contribution in [3.63, 3.8) is 0 Å². The van der Waals surface area contributed by atoms with Gasteiger partial charge >= 0.3 is 0 Å². The Kier molecular flexibility index (Phi) is 5.71. The normalized spacial score (nSPS) is 17.4. The van der Waals surface area contributed by atoms with Gasteiger partial charge in [-0.25, -0.2) is 0 Å². The van der Waals surface area contributed by atoms with Crippen LogP contribution in [0.25, 0.3) is 0 Å². The Hall–Kier alpha value is -2.66. The minimum atomic E-state index is -0.478. The van der Waals surface area contributed by atoms with Crippen molar-refractivity contribution < 1.29 is 9.72 Å². The van der Waals surface area contributed by atoms with Gasteiger partial charge in [0, 0.05) is 25.2 Å². The maximum absolute atomic E-state index is 10.6. The van der Waals surface area contributed by atoms with Crippen molar-refractivity contribution >= 4 is 17.3 Å². The number of nitro benzene ring substituents is 1. The molecule has 3 rings (SSSR count). The van der Waals surface area contributed by atoms with Gasteiger partial charge in [-0.05, 0) is 37.7 Å². The molecule has 0 spiro atoms. The number of benzene rings is 1. The summed E-state index contributed by atoms with van der Waals surface area (Å²) in [6, 6.07) is 6.10. The molecule has 1 unspecified atom stereocenters. The van der Waals surface area contributed by atoms with Crippen LogP contribution in [0.1, 0.15) is 31.2 Å². The molecular formula is C16H21N5O3. The molecule has 1 saturated heterocycles. The first-order valence-corrected chi connectivity index (χ1v) is 7.92. The molecule has 1 atom stereocenters. The molecule has 1 aromatic carbocycles. The van der Waals surface area contributed by atoms with Gasteiger partial charge in [-0.15, -0.1) is 0 Å². The molecule has 2 aliphatic rings. The number of hydrogen-bond acceptors (Lipinski definition) is 6. The molecule has 1 aliphatic carbocycles. The third-order valence-electron chi connectivity index (χ3n) is 4.22. The number of rotatable bonds is 4. The number of nitriles is 1. The van der Waals surface area contributed by atoms with Crippen molar-refractivity contribution in [2.75, 3.05) is 18.0 Å². The number of carbonyl (C=O) groups excluding carboxylic acids is 1. The second-order valence-corrected chi connectivity index (χ2v) is 6.03. The highest BCUT2D eigenvalue weighted by atomic mass is 16.6. The molecule has 2 fully saturated rings. The summed E-state index contributed by atoms with van der Waals surface area (Å²) in [5, 5.41) is 19.6. The number of amides is 1. The van der Waals surface area contributed by atoms with Crippen LogP contribution in [0.5, 0.6) is 0 Å². The molecule has 8 nitrogen and oxygen atoms in total. The summed E-state index contributed by atoms with van der Waals surface area (Å²) in [7, 11) is 0. The lowest BCUT2D eigenvalue weighted by atomic mass is 10.1. The predicted molar refractivity (Wildman–Crippen MR) is 89.2 cm³/mol. The molecule has 4 N–H and O–H groups in total. The van der Waals surface area contributed by atoms with Crippen molar-refractivity contribution in [1.82, 2.24) is 0 Å². The molecule has 1 aliphatic heterocycles. The van der Waals surface area contributed by atoms with E-state index in [1.807, 2.05) is 6.07 Å². The van der Waals surface area contributed by atoms with E-state index in [9.17, 15) is 14.9 Å². The van der Waals surface area contributed by atoms with Crippen molar-refractivity contribution in [3.05, 3.63) is 33.9 Å². The van der Waals surface area contributed by atoms with E-state index in [0.29, 0.717) is 11.5 Å². The molecule has 1 saturated carbocycles. The van der Waals surface area contributed by atoms with Crippen molar-refractivity contribution in [2.24, 2.45) is 17.4 Å². The fourth-order valence-electron chi connectivity index (χ4n) is 2.65. The average Bonchev–Trinajstić information content (AvgIpc) is 3.28. The van der Waals surface area contributed by atoms with E-state index in [1.165, 1.54) is 12.1 Å². The maximum atomic E-state index is 10.6. The molecule has 8 heteroatoms. The Morgan fingerprint density at radius 2 is 2.00 bits per heavy atom. The lowest BCUT2D eigenvalue weighted by Crippen LogP contribution is -2.37. The third-order valence-corrected chi connectivity index (χ3v) is 4.22. The smallest absolute Gasteiger partial charge is 0.270 e. The van der Waals surface area contributed by atoms with Gasteiger partial charge in [-0.3, -0.25) is 14.9 Å². The zero-order valence-electron chi connectivity index (χ0n) is 13.4. The molecule has 1 aromatic rings. The van der Waals surface area contributed by atoms with Crippen molar-refractivity contribution in [2.45, 2.75) is 31.7 Å². The maximum Gasteiger partial charge on any atom is 0.270 e. The number of nitro groups is 1. The van der Waals surface area contributed by atoms with Crippen LogP contribution < -0.4 is 16.4 Å². The summed E-state index contributed by atoms with van der Waals surface area (Å²) in [5.41, 5.74) is 11.4. The Morgan fingerprint density at radius 3 is 2.42 bits per heavy atom. The Morgan fingerprint density at radius 1 is 1.38 bits per heavy atom. The van der Waals surface area contributed by atoms with Crippen LogP contribution >= 0.6 is 0 Å². The molecule has 0 aromatic heterocycles. The first-order valence-electron chi connectivity index (χ1n) is 7.92. The monoisotopic (exact) mass is 331 g/mol. The van der Waals surface area contributed by atoms with Crippen LogP contribution in [0.4, 0.5) is 11.4 Å². The van der Waals surface area contributed by atoms with Gasteiger partial charge in [-0.2, -0.15) is 5.26 Å². The second-order valence-electron chi connectivity index (χ2n) is 6.03. The minimum Gasteiger partial charge on any atom is -0.370 e. The lowest BCUT2D eigenvalue weighted by Gasteiger charge is -2.18. The topological polar surface area (TPSA) is 139 Å². The summed E-state index contributed by atoms with van der Waals surface area (Å²) in [6.07, 6.45) is 4.37. The predicted octanol–water partition coefficient (Wildman–Crippen LogP) is 1.28. The van der Waals surface area contributed by atoms with E-state index in [0.717, 1.165) is 44.5 Å². The highest BCUT2D eigenvalue weighted by molar-refractivity contribution is 5.80. The molecular weight excluding hydrogens is 310 g/mol. The molecule has 0 radical (unpaired) electrons. The van der Waals surface area contributed by atoms with E-state index < -0.39 is 4.92 Å². The van der Waals surface area contributed by atoms with Gasteiger partial charge in [0.25, 0.3) is 5.69 Å². The Labute approximate surface area is 140 Å². The number of nitrogens with zero attached hydrogens (tertiary/aromatic N) is 3. The van der Waals surface area contributed by atoms with Crippen LogP contribution in [0, 0.1) is 27.4 Å². The summed E-state index contributed by atoms with van der Waals surface area (Å²) in [5.74, 6) is 0.0278. The van der Waals surface area contributed by atoms with E-state index in [2.05, 4.69) is 4.90 Å². The highest BCUT2D eigenvalue weighted by Crippen LogP contribution is 2.31. The quantitative estimate of drug-likeness (QED) is 0.629. The van der Waals surface area contributed by atoms with Crippen molar-refractivity contribution in [1.29, 1.82) is 5.26 Å². The number of carbonyl (C=O) groups is 1. The minimum absolute atomic E-state index is 0.0282. The van der Waals surface area contributed by atoms with Crippen LogP contribution in [-0.2, 0) is 4.79 Å². The van der Waals surface area contributed by atoms with Gasteiger partial charge in [0.15, 0.2) is 0 Å². The fourth-order valence-corrected chi connectivity index (χ4v) is 2.65.